The van der Waals surface area contributed by atoms with Crippen LogP contribution in [-0.2, 0) is 6.54 Å². The van der Waals surface area contributed by atoms with Crippen molar-refractivity contribution in [3.05, 3.63) is 29.8 Å². The summed E-state index contributed by atoms with van der Waals surface area (Å²) in [6.45, 7) is 1.88. The number of para-hydroxylation sites is 1. The summed E-state index contributed by atoms with van der Waals surface area (Å²) >= 11 is 0. The fraction of sp³-hybridized carbons (Fsp3) is 0.250. The molecular weight excluding hydrogens is 140 g/mol. The first kappa shape index (κ1) is 8.04. The molecule has 3 heteroatoms. The van der Waals surface area contributed by atoms with E-state index in [0.717, 1.165) is 13.2 Å². The number of hydrogen-bond donors (Lipinski definition) is 2. The minimum atomic E-state index is 0. The molecule has 1 aromatic carbocycles. The summed E-state index contributed by atoms with van der Waals surface area (Å²) < 4.78 is 0. The summed E-state index contributed by atoms with van der Waals surface area (Å²) in [4.78, 5) is 0. The molecule has 0 saturated carbocycles. The van der Waals surface area contributed by atoms with Crippen LogP contribution in [0.15, 0.2) is 24.3 Å². The molecule has 0 aromatic heterocycles. The fourth-order valence-corrected chi connectivity index (χ4v) is 1.20. The van der Waals surface area contributed by atoms with Crippen molar-refractivity contribution in [2.24, 2.45) is 0 Å². The topological polar surface area (TPSA) is 55.6 Å². The first-order valence-electron chi connectivity index (χ1n) is 3.49. The van der Waals surface area contributed by atoms with Crippen molar-refractivity contribution in [1.29, 1.82) is 0 Å². The average Bonchev–Trinajstić information content (AvgIpc) is 2.05. The van der Waals surface area contributed by atoms with Gasteiger partial charge >= 0.3 is 0 Å². The molecule has 11 heavy (non-hydrogen) atoms. The molecule has 2 rings (SSSR count). The van der Waals surface area contributed by atoms with Crippen LogP contribution in [-0.4, -0.2) is 12.1 Å². The van der Waals surface area contributed by atoms with Crippen LogP contribution in [0, 0.1) is 0 Å². The van der Waals surface area contributed by atoms with Gasteiger partial charge in [-0.05, 0) is 11.6 Å². The number of fused-ring (bicyclic) bond motifs is 1. The summed E-state index contributed by atoms with van der Waals surface area (Å²) in [6, 6.07) is 8.36. The molecule has 3 nitrogen and oxygen atoms in total. The lowest BCUT2D eigenvalue weighted by Crippen LogP contribution is -2.27. The number of rotatable bonds is 0. The Kier molecular flexibility index (Phi) is 2.46. The third-order valence-corrected chi connectivity index (χ3v) is 1.74. The van der Waals surface area contributed by atoms with E-state index >= 15 is 0 Å². The Morgan fingerprint density at radius 1 is 1.18 bits per heavy atom. The normalized spacial score (nSPS) is 14.2. The van der Waals surface area contributed by atoms with Gasteiger partial charge in [0.15, 0.2) is 0 Å². The van der Waals surface area contributed by atoms with Gasteiger partial charge in [-0.3, -0.25) is 5.32 Å². The fourth-order valence-electron chi connectivity index (χ4n) is 1.20. The highest BCUT2D eigenvalue weighted by molar-refractivity contribution is 5.52. The molecule has 0 amide bonds. The monoisotopic (exact) mass is 152 g/mol. The molecule has 1 aliphatic heterocycles. The van der Waals surface area contributed by atoms with Crippen LogP contribution in [0.4, 0.5) is 5.69 Å². The SMILES string of the molecule is O.c1ccc2c(c1)CNCN2. The van der Waals surface area contributed by atoms with Crippen molar-refractivity contribution in [1.82, 2.24) is 5.32 Å². The van der Waals surface area contributed by atoms with E-state index in [2.05, 4.69) is 34.9 Å². The maximum Gasteiger partial charge on any atom is 0.0655 e. The van der Waals surface area contributed by atoms with Gasteiger partial charge in [-0.25, -0.2) is 0 Å². The smallest absolute Gasteiger partial charge is 0.0655 e. The zero-order valence-corrected chi connectivity index (χ0v) is 6.22. The van der Waals surface area contributed by atoms with Crippen molar-refractivity contribution in [2.75, 3.05) is 12.0 Å². The van der Waals surface area contributed by atoms with Gasteiger partial charge in [0.05, 0.1) is 6.67 Å². The van der Waals surface area contributed by atoms with Crippen molar-refractivity contribution >= 4 is 5.69 Å². The maximum atomic E-state index is 3.25. The Morgan fingerprint density at radius 3 is 2.82 bits per heavy atom. The van der Waals surface area contributed by atoms with E-state index in [9.17, 15) is 0 Å². The molecule has 1 heterocycles. The molecule has 0 unspecified atom stereocenters. The van der Waals surface area contributed by atoms with E-state index in [1.807, 2.05) is 0 Å². The molecular formula is C8H12N2O. The Labute approximate surface area is 65.7 Å². The van der Waals surface area contributed by atoms with Crippen LogP contribution in [0.3, 0.4) is 0 Å². The van der Waals surface area contributed by atoms with Crippen molar-refractivity contribution < 1.29 is 5.48 Å². The lowest BCUT2D eigenvalue weighted by atomic mass is 10.1. The van der Waals surface area contributed by atoms with Gasteiger partial charge in [0.1, 0.15) is 0 Å². The molecule has 0 saturated heterocycles. The van der Waals surface area contributed by atoms with Crippen LogP contribution in [0.1, 0.15) is 5.56 Å². The number of hydrogen-bond acceptors (Lipinski definition) is 2. The van der Waals surface area contributed by atoms with Crippen molar-refractivity contribution in [3.8, 4) is 0 Å². The van der Waals surface area contributed by atoms with Gasteiger partial charge in [0.2, 0.25) is 0 Å². The van der Waals surface area contributed by atoms with Crippen LogP contribution in [0.2, 0.25) is 0 Å². The largest absolute Gasteiger partial charge is 0.412 e. The van der Waals surface area contributed by atoms with E-state index in [1.165, 1.54) is 11.3 Å². The third kappa shape index (κ3) is 1.50. The Hall–Kier alpha value is -1.06. The van der Waals surface area contributed by atoms with Crippen molar-refractivity contribution in [2.45, 2.75) is 6.54 Å². The van der Waals surface area contributed by atoms with Crippen molar-refractivity contribution in [3.63, 3.8) is 0 Å². The predicted molar refractivity (Wildman–Crippen MR) is 45.4 cm³/mol. The molecule has 0 atom stereocenters. The van der Waals surface area contributed by atoms with E-state index in [4.69, 9.17) is 0 Å². The average molecular weight is 152 g/mol. The van der Waals surface area contributed by atoms with Crippen LogP contribution >= 0.6 is 0 Å². The number of nitrogens with one attached hydrogen (secondary N) is 2. The lowest BCUT2D eigenvalue weighted by Gasteiger charge is -2.18. The second-order valence-corrected chi connectivity index (χ2v) is 2.44. The summed E-state index contributed by atoms with van der Waals surface area (Å²) in [7, 11) is 0. The Bertz CT molecular complexity index is 212. The molecule has 0 fully saturated rings. The second-order valence-electron chi connectivity index (χ2n) is 2.44. The first-order chi connectivity index (χ1) is 4.97. The summed E-state index contributed by atoms with van der Waals surface area (Å²) in [6.07, 6.45) is 0. The maximum absolute atomic E-state index is 3.25. The highest BCUT2D eigenvalue weighted by atomic mass is 16.0. The van der Waals surface area contributed by atoms with Gasteiger partial charge in [0.25, 0.3) is 0 Å². The summed E-state index contributed by atoms with van der Waals surface area (Å²) in [5.74, 6) is 0. The van der Waals surface area contributed by atoms with Gasteiger partial charge in [-0.2, -0.15) is 0 Å². The number of benzene rings is 1. The molecule has 0 spiro atoms. The van der Waals surface area contributed by atoms with E-state index in [-0.39, 0.29) is 5.48 Å². The molecule has 1 aliphatic rings. The summed E-state index contributed by atoms with van der Waals surface area (Å²) in [5.41, 5.74) is 2.62. The second kappa shape index (κ2) is 3.37. The van der Waals surface area contributed by atoms with Crippen LogP contribution in [0.25, 0.3) is 0 Å². The van der Waals surface area contributed by atoms with Gasteiger partial charge in [0, 0.05) is 12.2 Å². The molecule has 60 valence electrons. The zero-order valence-electron chi connectivity index (χ0n) is 6.22. The molecule has 0 bridgehead atoms. The van der Waals surface area contributed by atoms with Crippen LogP contribution in [0.5, 0.6) is 0 Å². The summed E-state index contributed by atoms with van der Waals surface area (Å²) in [5, 5.41) is 6.48. The quantitative estimate of drug-likeness (QED) is 0.563. The first-order valence-corrected chi connectivity index (χ1v) is 3.49. The highest BCUT2D eigenvalue weighted by Crippen LogP contribution is 2.16. The zero-order chi connectivity index (χ0) is 6.81. The van der Waals surface area contributed by atoms with Gasteiger partial charge < -0.3 is 10.8 Å². The molecule has 1 aromatic rings. The number of anilines is 1. The lowest BCUT2D eigenvalue weighted by molar-refractivity contribution is 0.709. The Morgan fingerprint density at radius 2 is 2.00 bits per heavy atom. The van der Waals surface area contributed by atoms with E-state index in [1.54, 1.807) is 0 Å². The third-order valence-electron chi connectivity index (χ3n) is 1.74. The van der Waals surface area contributed by atoms with Gasteiger partial charge in [-0.15, -0.1) is 0 Å². The molecule has 4 N–H and O–H groups in total. The molecule has 0 radical (unpaired) electrons. The van der Waals surface area contributed by atoms with E-state index in [0.29, 0.717) is 0 Å². The highest BCUT2D eigenvalue weighted by Gasteiger charge is 2.03. The minimum absolute atomic E-state index is 0. The van der Waals surface area contributed by atoms with Gasteiger partial charge in [-0.1, -0.05) is 18.2 Å². The standard InChI is InChI=1S/C8H10N2.H2O/c1-2-4-8-7(3-1)5-9-6-10-8;/h1-4,9-10H,5-6H2;1H2. The minimum Gasteiger partial charge on any atom is -0.412 e. The molecule has 0 aliphatic carbocycles. The van der Waals surface area contributed by atoms with E-state index < -0.39 is 0 Å². The van der Waals surface area contributed by atoms with Crippen LogP contribution < -0.4 is 10.6 Å². The predicted octanol–water partition coefficient (Wildman–Crippen LogP) is 0.334. The Balaban J connectivity index is 0.000000605.